The summed E-state index contributed by atoms with van der Waals surface area (Å²) in [5, 5.41) is 5.02. The number of carbonyl (C=O) groups is 1. The van der Waals surface area contributed by atoms with Crippen LogP contribution in [-0.2, 0) is 16.4 Å². The zero-order chi connectivity index (χ0) is 19.4. The van der Waals surface area contributed by atoms with Crippen molar-refractivity contribution in [3.8, 4) is 11.3 Å². The molecule has 1 aromatic carbocycles. The number of nitrogens with zero attached hydrogens (tertiary/aromatic N) is 2. The molecule has 1 amide bonds. The van der Waals surface area contributed by atoms with Crippen molar-refractivity contribution in [2.24, 2.45) is 0 Å². The van der Waals surface area contributed by atoms with Crippen LogP contribution in [-0.4, -0.2) is 29.5 Å². The van der Waals surface area contributed by atoms with E-state index in [4.69, 9.17) is 0 Å². The predicted molar refractivity (Wildman–Crippen MR) is 105 cm³/mol. The molecule has 8 heteroatoms. The van der Waals surface area contributed by atoms with Crippen molar-refractivity contribution in [2.75, 3.05) is 0 Å². The lowest BCUT2D eigenvalue weighted by atomic mass is 10.2. The van der Waals surface area contributed by atoms with Crippen LogP contribution >= 0.6 is 11.3 Å². The lowest BCUT2D eigenvalue weighted by Crippen LogP contribution is -2.23. The third-order valence-electron chi connectivity index (χ3n) is 3.99. The van der Waals surface area contributed by atoms with Gasteiger partial charge >= 0.3 is 0 Å². The standard InChI is InChI=1S/C19H19N3O3S2/c1-13(2)27(24,25)16-5-3-15(4-6-16)19(23)21-11-18-22-17(12-26-18)14-7-9-20-10-8-14/h3-10,12-13H,11H2,1-2H3,(H,21,23). The molecule has 0 fully saturated rings. The first-order chi connectivity index (χ1) is 12.9. The Morgan fingerprint density at radius 1 is 1.11 bits per heavy atom. The number of pyridine rings is 1. The van der Waals surface area contributed by atoms with E-state index >= 15 is 0 Å². The van der Waals surface area contributed by atoms with Crippen LogP contribution < -0.4 is 5.32 Å². The molecule has 140 valence electrons. The van der Waals surface area contributed by atoms with E-state index in [0.29, 0.717) is 12.1 Å². The summed E-state index contributed by atoms with van der Waals surface area (Å²) in [5.41, 5.74) is 2.22. The van der Waals surface area contributed by atoms with E-state index in [1.807, 2.05) is 17.5 Å². The maximum Gasteiger partial charge on any atom is 0.251 e. The first-order valence-corrected chi connectivity index (χ1v) is 10.8. The molecule has 27 heavy (non-hydrogen) atoms. The highest BCUT2D eigenvalue weighted by Gasteiger charge is 2.19. The predicted octanol–water partition coefficient (Wildman–Crippen LogP) is 3.32. The molecular weight excluding hydrogens is 382 g/mol. The molecule has 0 aliphatic rings. The van der Waals surface area contributed by atoms with Crippen LogP contribution in [0.5, 0.6) is 0 Å². The third-order valence-corrected chi connectivity index (χ3v) is 7.01. The van der Waals surface area contributed by atoms with E-state index in [-0.39, 0.29) is 10.8 Å². The summed E-state index contributed by atoms with van der Waals surface area (Å²) in [7, 11) is -3.34. The minimum Gasteiger partial charge on any atom is -0.346 e. The molecule has 2 heterocycles. The van der Waals surface area contributed by atoms with Crippen LogP contribution in [0, 0.1) is 0 Å². The Bertz CT molecular complexity index is 1030. The second-order valence-electron chi connectivity index (χ2n) is 6.16. The SMILES string of the molecule is CC(C)S(=O)(=O)c1ccc(C(=O)NCc2nc(-c3ccncc3)cs2)cc1. The minimum absolute atomic E-state index is 0.218. The van der Waals surface area contributed by atoms with Gasteiger partial charge in [-0.25, -0.2) is 13.4 Å². The average molecular weight is 402 g/mol. The quantitative estimate of drug-likeness (QED) is 0.684. The molecule has 0 saturated carbocycles. The van der Waals surface area contributed by atoms with Crippen molar-refractivity contribution in [1.82, 2.24) is 15.3 Å². The van der Waals surface area contributed by atoms with E-state index in [1.165, 1.54) is 35.6 Å². The maximum absolute atomic E-state index is 12.3. The Labute approximate surface area is 162 Å². The zero-order valence-electron chi connectivity index (χ0n) is 14.9. The van der Waals surface area contributed by atoms with E-state index < -0.39 is 15.1 Å². The van der Waals surface area contributed by atoms with Gasteiger partial charge in [0.25, 0.3) is 5.91 Å². The number of hydrogen-bond donors (Lipinski definition) is 1. The fourth-order valence-corrected chi connectivity index (χ4v) is 4.18. The minimum atomic E-state index is -3.34. The largest absolute Gasteiger partial charge is 0.346 e. The number of sulfone groups is 1. The number of nitrogens with one attached hydrogen (secondary N) is 1. The Hall–Kier alpha value is -2.58. The molecule has 0 saturated heterocycles. The van der Waals surface area contributed by atoms with Crippen molar-refractivity contribution < 1.29 is 13.2 Å². The van der Waals surface area contributed by atoms with Crippen molar-refractivity contribution in [2.45, 2.75) is 30.5 Å². The summed E-state index contributed by atoms with van der Waals surface area (Å²) in [6, 6.07) is 9.74. The van der Waals surface area contributed by atoms with E-state index in [2.05, 4.69) is 15.3 Å². The normalized spacial score (nSPS) is 11.5. The summed E-state index contributed by atoms with van der Waals surface area (Å²) in [6.45, 7) is 3.56. The lowest BCUT2D eigenvalue weighted by Gasteiger charge is -2.08. The highest BCUT2D eigenvalue weighted by molar-refractivity contribution is 7.92. The van der Waals surface area contributed by atoms with Gasteiger partial charge in [0.2, 0.25) is 0 Å². The molecule has 3 aromatic rings. The van der Waals surface area contributed by atoms with E-state index in [1.54, 1.807) is 26.2 Å². The van der Waals surface area contributed by atoms with Crippen molar-refractivity contribution in [3.63, 3.8) is 0 Å². The molecule has 0 radical (unpaired) electrons. The molecule has 3 rings (SSSR count). The average Bonchev–Trinajstić information content (AvgIpc) is 3.16. The lowest BCUT2D eigenvalue weighted by molar-refractivity contribution is 0.0951. The molecule has 0 atom stereocenters. The summed E-state index contributed by atoms with van der Waals surface area (Å²) in [4.78, 5) is 21.0. The summed E-state index contributed by atoms with van der Waals surface area (Å²) >= 11 is 1.47. The number of thiazole rings is 1. The molecule has 0 bridgehead atoms. The number of hydrogen-bond acceptors (Lipinski definition) is 6. The molecule has 1 N–H and O–H groups in total. The van der Waals surface area contributed by atoms with Gasteiger partial charge < -0.3 is 5.32 Å². The van der Waals surface area contributed by atoms with Gasteiger partial charge in [-0.05, 0) is 50.2 Å². The second-order valence-corrected chi connectivity index (χ2v) is 9.61. The first kappa shape index (κ1) is 19.2. The fraction of sp³-hybridized carbons (Fsp3) is 0.211. The second kappa shape index (κ2) is 7.98. The Morgan fingerprint density at radius 3 is 2.41 bits per heavy atom. The number of amides is 1. The molecule has 2 aromatic heterocycles. The maximum atomic E-state index is 12.3. The van der Waals surface area contributed by atoms with Crippen molar-refractivity contribution in [3.05, 3.63) is 64.7 Å². The Balaban J connectivity index is 1.64. The summed E-state index contributed by atoms with van der Waals surface area (Å²) in [6.07, 6.45) is 3.42. The molecule has 0 aliphatic heterocycles. The fourth-order valence-electron chi connectivity index (χ4n) is 2.37. The van der Waals surface area contributed by atoms with Crippen LogP contribution in [0.3, 0.4) is 0 Å². The van der Waals surface area contributed by atoms with Crippen LogP contribution in [0.1, 0.15) is 29.2 Å². The summed E-state index contributed by atoms with van der Waals surface area (Å²) in [5.74, 6) is -0.274. The van der Waals surface area contributed by atoms with Crippen LogP contribution in [0.25, 0.3) is 11.3 Å². The van der Waals surface area contributed by atoms with Crippen LogP contribution in [0.4, 0.5) is 0 Å². The van der Waals surface area contributed by atoms with Gasteiger partial charge in [0.1, 0.15) is 5.01 Å². The van der Waals surface area contributed by atoms with Crippen molar-refractivity contribution >= 4 is 27.1 Å². The number of aromatic nitrogens is 2. The Morgan fingerprint density at radius 2 is 1.78 bits per heavy atom. The van der Waals surface area contributed by atoms with Crippen molar-refractivity contribution in [1.29, 1.82) is 0 Å². The van der Waals surface area contributed by atoms with E-state index in [9.17, 15) is 13.2 Å². The molecule has 0 aliphatic carbocycles. The third kappa shape index (κ3) is 4.40. The van der Waals surface area contributed by atoms with Gasteiger partial charge in [0.15, 0.2) is 9.84 Å². The van der Waals surface area contributed by atoms with Crippen LogP contribution in [0.15, 0.2) is 59.1 Å². The number of rotatable bonds is 6. The summed E-state index contributed by atoms with van der Waals surface area (Å²) < 4.78 is 24.3. The smallest absolute Gasteiger partial charge is 0.251 e. The van der Waals surface area contributed by atoms with Crippen LogP contribution in [0.2, 0.25) is 0 Å². The van der Waals surface area contributed by atoms with Gasteiger partial charge in [0.05, 0.1) is 22.4 Å². The molecular formula is C19H19N3O3S2. The number of carbonyl (C=O) groups excluding carboxylic acids is 1. The molecule has 0 spiro atoms. The van der Waals surface area contributed by atoms with Gasteiger partial charge in [-0.2, -0.15) is 0 Å². The Kier molecular flexibility index (Phi) is 5.67. The van der Waals surface area contributed by atoms with Gasteiger partial charge in [0, 0.05) is 28.9 Å². The highest BCUT2D eigenvalue weighted by Crippen LogP contribution is 2.21. The zero-order valence-corrected chi connectivity index (χ0v) is 16.5. The van der Waals surface area contributed by atoms with Gasteiger partial charge in [-0.3, -0.25) is 9.78 Å². The highest BCUT2D eigenvalue weighted by atomic mass is 32.2. The topological polar surface area (TPSA) is 89.0 Å². The molecule has 6 nitrogen and oxygen atoms in total. The monoisotopic (exact) mass is 401 g/mol. The van der Waals surface area contributed by atoms with Gasteiger partial charge in [-0.15, -0.1) is 11.3 Å². The molecule has 0 unspecified atom stereocenters. The van der Waals surface area contributed by atoms with E-state index in [0.717, 1.165) is 16.3 Å². The number of benzene rings is 1. The first-order valence-electron chi connectivity index (χ1n) is 8.35. The van der Waals surface area contributed by atoms with Gasteiger partial charge in [-0.1, -0.05) is 0 Å².